The molecule has 2 nitrogen and oxygen atoms in total. The molecule has 2 aromatic rings. The summed E-state index contributed by atoms with van der Waals surface area (Å²) in [5.74, 6) is -0.251. The Labute approximate surface area is 112 Å². The fourth-order valence-corrected chi connectivity index (χ4v) is 1.81. The van der Waals surface area contributed by atoms with Gasteiger partial charge in [-0.15, -0.1) is 0 Å². The number of hydrogen-bond acceptors (Lipinski definition) is 2. The molecule has 0 heterocycles. The summed E-state index contributed by atoms with van der Waals surface area (Å²) in [6.45, 7) is 2.58. The molecule has 0 unspecified atom stereocenters. The van der Waals surface area contributed by atoms with Crippen LogP contribution in [0.5, 0.6) is 0 Å². The van der Waals surface area contributed by atoms with Gasteiger partial charge in [-0.25, -0.2) is 4.39 Å². The van der Waals surface area contributed by atoms with Gasteiger partial charge in [0.25, 0.3) is 0 Å². The molecule has 0 spiro atoms. The molecule has 0 saturated carbocycles. The Balaban J connectivity index is 1.97. The lowest BCUT2D eigenvalue weighted by molar-refractivity contribution is 0.104. The molecule has 0 saturated heterocycles. The largest absolute Gasteiger partial charge is 0.372 e. The standard InChI is InChI=1S/C16H14FNO/c1-12-8-13(9-18)6-7-14(12)10-19-11-15-4-2-3-5-16(15)17/h2-8H,10-11H2,1H3. The third kappa shape index (κ3) is 3.40. The third-order valence-electron chi connectivity index (χ3n) is 2.94. The van der Waals surface area contributed by atoms with Crippen molar-refractivity contribution in [3.05, 3.63) is 70.5 Å². The van der Waals surface area contributed by atoms with Crippen LogP contribution in [0.2, 0.25) is 0 Å². The molecule has 3 heteroatoms. The van der Waals surface area contributed by atoms with E-state index in [1.54, 1.807) is 24.3 Å². The van der Waals surface area contributed by atoms with Gasteiger partial charge in [0, 0.05) is 5.56 Å². The topological polar surface area (TPSA) is 33.0 Å². The molecule has 0 fully saturated rings. The van der Waals surface area contributed by atoms with Crippen LogP contribution in [0, 0.1) is 24.1 Å². The number of ether oxygens (including phenoxy) is 1. The van der Waals surface area contributed by atoms with Crippen LogP contribution in [0.15, 0.2) is 42.5 Å². The lowest BCUT2D eigenvalue weighted by atomic mass is 10.1. The van der Waals surface area contributed by atoms with Crippen LogP contribution in [-0.4, -0.2) is 0 Å². The number of nitrogens with zero attached hydrogens (tertiary/aromatic N) is 1. The number of hydrogen-bond donors (Lipinski definition) is 0. The summed E-state index contributed by atoms with van der Waals surface area (Å²) < 4.78 is 18.9. The van der Waals surface area contributed by atoms with Crippen molar-refractivity contribution in [1.82, 2.24) is 0 Å². The predicted molar refractivity (Wildman–Crippen MR) is 70.8 cm³/mol. The van der Waals surface area contributed by atoms with Crippen molar-refractivity contribution >= 4 is 0 Å². The Morgan fingerprint density at radius 1 is 1.11 bits per heavy atom. The highest BCUT2D eigenvalue weighted by Crippen LogP contribution is 2.14. The van der Waals surface area contributed by atoms with Gasteiger partial charge in [0.15, 0.2) is 0 Å². The fourth-order valence-electron chi connectivity index (χ4n) is 1.81. The summed E-state index contributed by atoms with van der Waals surface area (Å²) >= 11 is 0. The molecule has 0 atom stereocenters. The van der Waals surface area contributed by atoms with Gasteiger partial charge in [-0.1, -0.05) is 24.3 Å². The van der Waals surface area contributed by atoms with E-state index in [0.717, 1.165) is 11.1 Å². The first-order chi connectivity index (χ1) is 9.20. The van der Waals surface area contributed by atoms with E-state index in [0.29, 0.717) is 17.7 Å². The van der Waals surface area contributed by atoms with Gasteiger partial charge in [0.2, 0.25) is 0 Å². The van der Waals surface area contributed by atoms with Crippen molar-refractivity contribution in [2.75, 3.05) is 0 Å². The molecule has 0 aliphatic rings. The Bertz CT molecular complexity index is 616. The van der Waals surface area contributed by atoms with Gasteiger partial charge in [-0.05, 0) is 36.2 Å². The second-order valence-electron chi connectivity index (χ2n) is 4.34. The van der Waals surface area contributed by atoms with Gasteiger partial charge < -0.3 is 4.74 Å². The average molecular weight is 255 g/mol. The summed E-state index contributed by atoms with van der Waals surface area (Å²) in [4.78, 5) is 0. The van der Waals surface area contributed by atoms with E-state index in [9.17, 15) is 4.39 Å². The highest BCUT2D eigenvalue weighted by atomic mass is 19.1. The molecular formula is C16H14FNO. The second-order valence-corrected chi connectivity index (χ2v) is 4.34. The summed E-state index contributed by atoms with van der Waals surface area (Å²) in [6, 6.07) is 14.1. The van der Waals surface area contributed by atoms with Crippen molar-refractivity contribution in [3.63, 3.8) is 0 Å². The van der Waals surface area contributed by atoms with Crippen LogP contribution in [0.4, 0.5) is 4.39 Å². The van der Waals surface area contributed by atoms with E-state index in [1.807, 2.05) is 19.1 Å². The predicted octanol–water partition coefficient (Wildman–Crippen LogP) is 3.72. The average Bonchev–Trinajstić information content (AvgIpc) is 2.42. The summed E-state index contributed by atoms with van der Waals surface area (Å²) in [6.07, 6.45) is 0. The first-order valence-electron chi connectivity index (χ1n) is 6.01. The Hall–Kier alpha value is -2.18. The number of aryl methyl sites for hydroxylation is 1. The van der Waals surface area contributed by atoms with E-state index >= 15 is 0 Å². The molecule has 2 aromatic carbocycles. The number of rotatable bonds is 4. The van der Waals surface area contributed by atoms with E-state index in [4.69, 9.17) is 10.00 Å². The summed E-state index contributed by atoms with van der Waals surface area (Å²) in [5.41, 5.74) is 3.20. The quantitative estimate of drug-likeness (QED) is 0.834. The van der Waals surface area contributed by atoms with E-state index < -0.39 is 0 Å². The van der Waals surface area contributed by atoms with Gasteiger partial charge in [0.05, 0.1) is 24.8 Å². The normalized spacial score (nSPS) is 10.2. The van der Waals surface area contributed by atoms with Crippen molar-refractivity contribution in [1.29, 1.82) is 5.26 Å². The molecule has 0 N–H and O–H groups in total. The molecule has 0 aliphatic carbocycles. The maximum absolute atomic E-state index is 13.4. The van der Waals surface area contributed by atoms with E-state index in [2.05, 4.69) is 6.07 Å². The summed E-state index contributed by atoms with van der Waals surface area (Å²) in [7, 11) is 0. The zero-order valence-electron chi connectivity index (χ0n) is 10.7. The Morgan fingerprint density at radius 2 is 1.84 bits per heavy atom. The molecular weight excluding hydrogens is 241 g/mol. The number of halogens is 1. The second kappa shape index (κ2) is 6.12. The molecule has 19 heavy (non-hydrogen) atoms. The number of benzene rings is 2. The minimum atomic E-state index is -0.251. The van der Waals surface area contributed by atoms with E-state index in [1.165, 1.54) is 6.07 Å². The molecule has 0 radical (unpaired) electrons. The third-order valence-corrected chi connectivity index (χ3v) is 2.94. The van der Waals surface area contributed by atoms with Gasteiger partial charge in [0.1, 0.15) is 5.82 Å². The zero-order chi connectivity index (χ0) is 13.7. The van der Waals surface area contributed by atoms with Crippen molar-refractivity contribution in [3.8, 4) is 6.07 Å². The van der Waals surface area contributed by atoms with Crippen molar-refractivity contribution < 1.29 is 9.13 Å². The molecule has 96 valence electrons. The van der Waals surface area contributed by atoms with Crippen molar-refractivity contribution in [2.24, 2.45) is 0 Å². The number of nitriles is 1. The zero-order valence-corrected chi connectivity index (χ0v) is 10.7. The maximum Gasteiger partial charge on any atom is 0.128 e. The highest BCUT2D eigenvalue weighted by molar-refractivity contribution is 5.37. The van der Waals surface area contributed by atoms with Crippen molar-refractivity contribution in [2.45, 2.75) is 20.1 Å². The van der Waals surface area contributed by atoms with Crippen LogP contribution >= 0.6 is 0 Å². The van der Waals surface area contributed by atoms with Crippen LogP contribution in [0.1, 0.15) is 22.3 Å². The molecule has 0 bridgehead atoms. The maximum atomic E-state index is 13.4. The van der Waals surface area contributed by atoms with Gasteiger partial charge >= 0.3 is 0 Å². The minimum absolute atomic E-state index is 0.242. The lowest BCUT2D eigenvalue weighted by Crippen LogP contribution is -1.98. The highest BCUT2D eigenvalue weighted by Gasteiger charge is 2.03. The monoisotopic (exact) mass is 255 g/mol. The Morgan fingerprint density at radius 3 is 2.53 bits per heavy atom. The van der Waals surface area contributed by atoms with E-state index in [-0.39, 0.29) is 12.4 Å². The van der Waals surface area contributed by atoms with Gasteiger partial charge in [-0.3, -0.25) is 0 Å². The SMILES string of the molecule is Cc1cc(C#N)ccc1COCc1ccccc1F. The van der Waals surface area contributed by atoms with Crippen LogP contribution in [0.25, 0.3) is 0 Å². The molecule has 2 rings (SSSR count). The first-order valence-corrected chi connectivity index (χ1v) is 6.01. The molecule has 0 aliphatic heterocycles. The first kappa shape index (κ1) is 13.3. The molecule has 0 amide bonds. The molecule has 0 aromatic heterocycles. The smallest absolute Gasteiger partial charge is 0.128 e. The van der Waals surface area contributed by atoms with Crippen LogP contribution in [-0.2, 0) is 18.0 Å². The summed E-state index contributed by atoms with van der Waals surface area (Å²) in [5, 5.41) is 8.79. The van der Waals surface area contributed by atoms with Gasteiger partial charge in [-0.2, -0.15) is 5.26 Å². The fraction of sp³-hybridized carbons (Fsp3) is 0.188. The Kier molecular flexibility index (Phi) is 4.27. The van der Waals surface area contributed by atoms with Crippen LogP contribution < -0.4 is 0 Å². The lowest BCUT2D eigenvalue weighted by Gasteiger charge is -2.08. The minimum Gasteiger partial charge on any atom is -0.372 e. The van der Waals surface area contributed by atoms with Crippen LogP contribution in [0.3, 0.4) is 0 Å².